The van der Waals surface area contributed by atoms with Crippen LogP contribution in [0.25, 0.3) is 10.6 Å². The average molecular weight is 304 g/mol. The first-order valence-corrected chi connectivity index (χ1v) is 8.24. The molecule has 1 aliphatic rings. The highest BCUT2D eigenvalue weighted by Gasteiger charge is 2.20. The van der Waals surface area contributed by atoms with E-state index in [1.165, 1.54) is 22.6 Å². The Kier molecular flexibility index (Phi) is 3.80. The van der Waals surface area contributed by atoms with Crippen molar-refractivity contribution in [3.63, 3.8) is 0 Å². The van der Waals surface area contributed by atoms with Crippen molar-refractivity contribution in [1.29, 1.82) is 0 Å². The van der Waals surface area contributed by atoms with Gasteiger partial charge < -0.3 is 9.88 Å². The van der Waals surface area contributed by atoms with E-state index in [4.69, 9.17) is 0 Å². The fraction of sp³-hybridized carbons (Fsp3) is 0.533. The number of anilines is 1. The molecule has 1 atom stereocenters. The van der Waals surface area contributed by atoms with Gasteiger partial charge in [-0.25, -0.2) is 0 Å². The van der Waals surface area contributed by atoms with Crippen LogP contribution in [0, 0.1) is 0 Å². The molecule has 6 heteroatoms. The van der Waals surface area contributed by atoms with Gasteiger partial charge >= 0.3 is 0 Å². The van der Waals surface area contributed by atoms with E-state index in [-0.39, 0.29) is 5.56 Å². The van der Waals surface area contributed by atoms with E-state index in [1.54, 1.807) is 4.57 Å². The van der Waals surface area contributed by atoms with E-state index in [2.05, 4.69) is 29.4 Å². The van der Waals surface area contributed by atoms with E-state index in [0.29, 0.717) is 16.6 Å². The molecule has 2 aromatic heterocycles. The molecule has 112 valence electrons. The van der Waals surface area contributed by atoms with Gasteiger partial charge in [0.2, 0.25) is 5.13 Å². The maximum absolute atomic E-state index is 12.5. The summed E-state index contributed by atoms with van der Waals surface area (Å²) in [6, 6.07) is 2.37. The number of hydrogen-bond donors (Lipinski definition) is 1. The zero-order chi connectivity index (χ0) is 15.0. The molecule has 2 heterocycles. The van der Waals surface area contributed by atoms with Crippen LogP contribution in [0.15, 0.2) is 10.9 Å². The molecule has 0 aliphatic heterocycles. The minimum atomic E-state index is 0.0295. The summed E-state index contributed by atoms with van der Waals surface area (Å²) >= 11 is 1.45. The largest absolute Gasteiger partial charge is 0.358 e. The Balaban J connectivity index is 1.98. The quantitative estimate of drug-likeness (QED) is 0.943. The minimum Gasteiger partial charge on any atom is -0.358 e. The Labute approximate surface area is 128 Å². The van der Waals surface area contributed by atoms with Gasteiger partial charge in [-0.3, -0.25) is 4.79 Å². The molecule has 1 N–H and O–H groups in total. The number of hydrogen-bond acceptors (Lipinski definition) is 5. The number of fused-ring (bicyclic) bond motifs is 1. The highest BCUT2D eigenvalue weighted by atomic mass is 32.1. The second-order valence-corrected chi connectivity index (χ2v) is 6.59. The van der Waals surface area contributed by atoms with Crippen molar-refractivity contribution in [1.82, 2.24) is 14.8 Å². The van der Waals surface area contributed by atoms with Gasteiger partial charge in [-0.2, -0.15) is 0 Å². The van der Waals surface area contributed by atoms with E-state index in [0.717, 1.165) is 30.8 Å². The van der Waals surface area contributed by atoms with Gasteiger partial charge in [0.05, 0.1) is 5.56 Å². The molecule has 0 amide bonds. The molecular formula is C15H20N4OS. The Morgan fingerprint density at radius 1 is 1.43 bits per heavy atom. The summed E-state index contributed by atoms with van der Waals surface area (Å²) in [5, 5.41) is 13.1. The summed E-state index contributed by atoms with van der Waals surface area (Å²) in [5.74, 6) is 0. The van der Waals surface area contributed by atoms with Crippen LogP contribution in [0.3, 0.4) is 0 Å². The lowest BCUT2D eigenvalue weighted by Gasteiger charge is -2.09. The highest BCUT2D eigenvalue weighted by molar-refractivity contribution is 7.18. The van der Waals surface area contributed by atoms with Crippen LogP contribution in [0.2, 0.25) is 0 Å². The van der Waals surface area contributed by atoms with Crippen molar-refractivity contribution in [3.8, 4) is 10.6 Å². The van der Waals surface area contributed by atoms with Crippen molar-refractivity contribution in [2.24, 2.45) is 7.05 Å². The van der Waals surface area contributed by atoms with Gasteiger partial charge in [-0.15, -0.1) is 10.2 Å². The molecule has 3 rings (SSSR count). The fourth-order valence-corrected chi connectivity index (χ4v) is 3.55. The van der Waals surface area contributed by atoms with E-state index < -0.39 is 0 Å². The van der Waals surface area contributed by atoms with Crippen molar-refractivity contribution >= 4 is 16.5 Å². The SMILES string of the molecule is CCC(C)Nc1nnc(-c2cc3c(n(C)c2=O)CCC3)s1. The average Bonchev–Trinajstić information content (AvgIpc) is 3.11. The van der Waals surface area contributed by atoms with Crippen molar-refractivity contribution in [2.75, 3.05) is 5.32 Å². The van der Waals surface area contributed by atoms with Crippen LogP contribution in [-0.4, -0.2) is 20.8 Å². The molecule has 1 unspecified atom stereocenters. The first-order valence-electron chi connectivity index (χ1n) is 7.42. The molecule has 2 aromatic rings. The van der Waals surface area contributed by atoms with Crippen LogP contribution in [0.1, 0.15) is 37.9 Å². The van der Waals surface area contributed by atoms with E-state index in [9.17, 15) is 4.79 Å². The topological polar surface area (TPSA) is 59.8 Å². The second kappa shape index (κ2) is 5.60. The summed E-state index contributed by atoms with van der Waals surface area (Å²) in [4.78, 5) is 12.5. The molecule has 0 aromatic carbocycles. The Bertz CT molecular complexity index is 719. The van der Waals surface area contributed by atoms with Gasteiger partial charge in [-0.1, -0.05) is 18.3 Å². The molecule has 1 aliphatic carbocycles. The van der Waals surface area contributed by atoms with Gasteiger partial charge in [0.25, 0.3) is 5.56 Å². The minimum absolute atomic E-state index is 0.0295. The van der Waals surface area contributed by atoms with E-state index in [1.807, 2.05) is 13.1 Å². The van der Waals surface area contributed by atoms with Gasteiger partial charge in [0.15, 0.2) is 5.01 Å². The van der Waals surface area contributed by atoms with Crippen LogP contribution in [0.5, 0.6) is 0 Å². The van der Waals surface area contributed by atoms with Gasteiger partial charge in [0, 0.05) is 18.8 Å². The molecule has 0 saturated carbocycles. The monoisotopic (exact) mass is 304 g/mol. The molecule has 0 spiro atoms. The number of nitrogens with zero attached hydrogens (tertiary/aromatic N) is 3. The summed E-state index contributed by atoms with van der Waals surface area (Å²) in [6.45, 7) is 4.23. The van der Waals surface area contributed by atoms with E-state index >= 15 is 0 Å². The fourth-order valence-electron chi connectivity index (χ4n) is 2.69. The number of rotatable bonds is 4. The summed E-state index contributed by atoms with van der Waals surface area (Å²) in [7, 11) is 1.86. The standard InChI is InChI=1S/C15H20N4OS/c1-4-9(2)16-15-18-17-13(21-15)11-8-10-6-5-7-12(10)19(3)14(11)20/h8-9H,4-7H2,1-3H3,(H,16,18). The van der Waals surface area contributed by atoms with Crippen molar-refractivity contribution in [2.45, 2.75) is 45.6 Å². The van der Waals surface area contributed by atoms with Crippen LogP contribution >= 0.6 is 11.3 Å². The molecule has 21 heavy (non-hydrogen) atoms. The maximum atomic E-state index is 12.5. The summed E-state index contributed by atoms with van der Waals surface area (Å²) < 4.78 is 1.78. The van der Waals surface area contributed by atoms with Crippen molar-refractivity contribution in [3.05, 3.63) is 27.7 Å². The lowest BCUT2D eigenvalue weighted by atomic mass is 10.1. The van der Waals surface area contributed by atoms with Crippen LogP contribution in [0.4, 0.5) is 5.13 Å². The smallest absolute Gasteiger partial charge is 0.260 e. The normalized spacial score (nSPS) is 15.0. The van der Waals surface area contributed by atoms with Crippen LogP contribution < -0.4 is 10.9 Å². The molecule has 0 saturated heterocycles. The highest BCUT2D eigenvalue weighted by Crippen LogP contribution is 2.28. The number of aryl methyl sites for hydroxylation is 1. The van der Waals surface area contributed by atoms with Gasteiger partial charge in [0.1, 0.15) is 0 Å². The predicted molar refractivity (Wildman–Crippen MR) is 86.0 cm³/mol. The lowest BCUT2D eigenvalue weighted by Crippen LogP contribution is -2.22. The Morgan fingerprint density at radius 3 is 3.00 bits per heavy atom. The van der Waals surface area contributed by atoms with Crippen LogP contribution in [-0.2, 0) is 19.9 Å². The predicted octanol–water partition coefficient (Wildman–Crippen LogP) is 2.60. The Morgan fingerprint density at radius 2 is 2.24 bits per heavy atom. The first kappa shape index (κ1) is 14.3. The second-order valence-electron chi connectivity index (χ2n) is 5.61. The number of nitrogens with one attached hydrogen (secondary N) is 1. The number of pyridine rings is 1. The molecular weight excluding hydrogens is 284 g/mol. The molecule has 0 radical (unpaired) electrons. The summed E-state index contributed by atoms with van der Waals surface area (Å²) in [6.07, 6.45) is 4.20. The summed E-state index contributed by atoms with van der Waals surface area (Å²) in [5.41, 5.74) is 3.15. The third kappa shape index (κ3) is 2.60. The third-order valence-electron chi connectivity index (χ3n) is 4.13. The lowest BCUT2D eigenvalue weighted by molar-refractivity contribution is 0.760. The number of aromatic nitrogens is 3. The van der Waals surface area contributed by atoms with Crippen molar-refractivity contribution < 1.29 is 0 Å². The molecule has 5 nitrogen and oxygen atoms in total. The van der Waals surface area contributed by atoms with Gasteiger partial charge in [-0.05, 0) is 44.2 Å². The molecule has 0 bridgehead atoms. The maximum Gasteiger partial charge on any atom is 0.260 e. The zero-order valence-electron chi connectivity index (χ0n) is 12.6. The third-order valence-corrected chi connectivity index (χ3v) is 5.01. The zero-order valence-corrected chi connectivity index (χ0v) is 13.5. The molecule has 0 fully saturated rings. The Hall–Kier alpha value is -1.69. The first-order chi connectivity index (χ1) is 10.1.